The predicted octanol–water partition coefficient (Wildman–Crippen LogP) is 2.44. The molecule has 2 aromatic carbocycles. The minimum atomic E-state index is -3.66. The molecule has 0 fully saturated rings. The second-order valence-electron chi connectivity index (χ2n) is 5.61. The highest BCUT2D eigenvalue weighted by molar-refractivity contribution is 7.89. The third kappa shape index (κ3) is 4.87. The molecular weight excluding hydrogens is 331 g/mol. The molecule has 0 saturated heterocycles. The van der Waals surface area contributed by atoms with E-state index in [1.54, 1.807) is 26.0 Å². The van der Waals surface area contributed by atoms with Gasteiger partial charge in [-0.15, -0.1) is 0 Å². The standard InChI is InChI=1S/C17H19FN2O3S/c1-12(2)20-24(22,23)16-5-3-4-14(10-16)17(21)19-11-13-6-8-15(18)9-7-13/h3-10,12,20H,11H2,1-2H3,(H,19,21). The van der Waals surface area contributed by atoms with Gasteiger partial charge in [0.25, 0.3) is 5.91 Å². The zero-order chi connectivity index (χ0) is 17.7. The van der Waals surface area contributed by atoms with E-state index in [-0.39, 0.29) is 28.9 Å². The number of halogens is 1. The third-order valence-corrected chi connectivity index (χ3v) is 4.82. The fourth-order valence-corrected chi connectivity index (χ4v) is 3.37. The number of nitrogens with one attached hydrogen (secondary N) is 2. The van der Waals surface area contributed by atoms with Gasteiger partial charge >= 0.3 is 0 Å². The number of carbonyl (C=O) groups excluding carboxylic acids is 1. The van der Waals surface area contributed by atoms with Gasteiger partial charge in [-0.05, 0) is 49.7 Å². The van der Waals surface area contributed by atoms with Crippen LogP contribution in [0.25, 0.3) is 0 Å². The van der Waals surface area contributed by atoms with Crippen molar-refractivity contribution >= 4 is 15.9 Å². The Morgan fingerprint density at radius 1 is 1.12 bits per heavy atom. The highest BCUT2D eigenvalue weighted by Gasteiger charge is 2.17. The van der Waals surface area contributed by atoms with Gasteiger partial charge in [0.1, 0.15) is 5.82 Å². The van der Waals surface area contributed by atoms with Gasteiger partial charge in [0.2, 0.25) is 10.0 Å². The molecule has 0 heterocycles. The van der Waals surface area contributed by atoms with E-state index in [9.17, 15) is 17.6 Å². The first-order valence-electron chi connectivity index (χ1n) is 7.43. The van der Waals surface area contributed by atoms with Gasteiger partial charge in [0, 0.05) is 18.2 Å². The Morgan fingerprint density at radius 3 is 2.42 bits per heavy atom. The average molecular weight is 350 g/mol. The zero-order valence-corrected chi connectivity index (χ0v) is 14.2. The van der Waals surface area contributed by atoms with E-state index in [1.165, 1.54) is 36.4 Å². The van der Waals surface area contributed by atoms with Crippen molar-refractivity contribution < 1.29 is 17.6 Å². The second kappa shape index (κ2) is 7.55. The van der Waals surface area contributed by atoms with Gasteiger partial charge < -0.3 is 5.32 Å². The Bertz CT molecular complexity index is 818. The van der Waals surface area contributed by atoms with Crippen LogP contribution in [0, 0.1) is 5.82 Å². The number of sulfonamides is 1. The molecule has 0 aliphatic rings. The molecular formula is C17H19FN2O3S. The molecule has 128 valence electrons. The molecule has 2 rings (SSSR count). The first kappa shape index (κ1) is 18.1. The molecule has 0 aliphatic heterocycles. The van der Waals surface area contributed by atoms with Gasteiger partial charge in [-0.1, -0.05) is 18.2 Å². The molecule has 0 spiro atoms. The predicted molar refractivity (Wildman–Crippen MR) is 89.5 cm³/mol. The summed E-state index contributed by atoms with van der Waals surface area (Å²) in [6.45, 7) is 3.66. The van der Waals surface area contributed by atoms with Crippen LogP contribution < -0.4 is 10.0 Å². The summed E-state index contributed by atoms with van der Waals surface area (Å²) in [6, 6.07) is 11.3. The Balaban J connectivity index is 2.10. The van der Waals surface area contributed by atoms with E-state index in [0.717, 1.165) is 5.56 Å². The van der Waals surface area contributed by atoms with Crippen molar-refractivity contribution in [3.05, 3.63) is 65.5 Å². The van der Waals surface area contributed by atoms with E-state index in [0.29, 0.717) is 0 Å². The molecule has 2 N–H and O–H groups in total. The van der Waals surface area contributed by atoms with Crippen LogP contribution in [0.1, 0.15) is 29.8 Å². The van der Waals surface area contributed by atoms with Crippen LogP contribution in [0.4, 0.5) is 4.39 Å². The topological polar surface area (TPSA) is 75.3 Å². The minimum absolute atomic E-state index is 0.0330. The molecule has 2 aromatic rings. The molecule has 24 heavy (non-hydrogen) atoms. The van der Waals surface area contributed by atoms with Gasteiger partial charge in [0.05, 0.1) is 4.90 Å². The lowest BCUT2D eigenvalue weighted by Crippen LogP contribution is -2.30. The molecule has 0 aliphatic carbocycles. The smallest absolute Gasteiger partial charge is 0.251 e. The summed E-state index contributed by atoms with van der Waals surface area (Å²) < 4.78 is 39.6. The van der Waals surface area contributed by atoms with Crippen LogP contribution >= 0.6 is 0 Å². The van der Waals surface area contributed by atoms with E-state index in [1.807, 2.05) is 0 Å². The van der Waals surface area contributed by atoms with Crippen molar-refractivity contribution in [2.75, 3.05) is 0 Å². The number of hydrogen-bond acceptors (Lipinski definition) is 3. The molecule has 0 atom stereocenters. The maximum absolute atomic E-state index is 12.8. The van der Waals surface area contributed by atoms with Crippen LogP contribution in [-0.2, 0) is 16.6 Å². The van der Waals surface area contributed by atoms with Crippen molar-refractivity contribution in [1.82, 2.24) is 10.0 Å². The quantitative estimate of drug-likeness (QED) is 0.840. The summed E-state index contributed by atoms with van der Waals surface area (Å²) in [5.74, 6) is -0.749. The van der Waals surface area contributed by atoms with Crippen molar-refractivity contribution in [3.63, 3.8) is 0 Å². The lowest BCUT2D eigenvalue weighted by molar-refractivity contribution is 0.0950. The first-order valence-corrected chi connectivity index (χ1v) is 8.91. The second-order valence-corrected chi connectivity index (χ2v) is 7.33. The van der Waals surface area contributed by atoms with Crippen LogP contribution in [-0.4, -0.2) is 20.4 Å². The van der Waals surface area contributed by atoms with Crippen molar-refractivity contribution in [2.24, 2.45) is 0 Å². The third-order valence-electron chi connectivity index (χ3n) is 3.16. The fourth-order valence-electron chi connectivity index (χ4n) is 2.07. The average Bonchev–Trinajstić information content (AvgIpc) is 2.53. The van der Waals surface area contributed by atoms with E-state index in [2.05, 4.69) is 10.0 Å². The summed E-state index contributed by atoms with van der Waals surface area (Å²) >= 11 is 0. The van der Waals surface area contributed by atoms with E-state index < -0.39 is 15.9 Å². The van der Waals surface area contributed by atoms with Gasteiger partial charge in [-0.3, -0.25) is 4.79 Å². The first-order chi connectivity index (χ1) is 11.3. The Hall–Kier alpha value is -2.25. The Labute approximate surface area is 141 Å². The van der Waals surface area contributed by atoms with Crippen molar-refractivity contribution in [2.45, 2.75) is 31.3 Å². The largest absolute Gasteiger partial charge is 0.348 e. The molecule has 7 heteroatoms. The van der Waals surface area contributed by atoms with Crippen molar-refractivity contribution in [3.8, 4) is 0 Å². The minimum Gasteiger partial charge on any atom is -0.348 e. The highest BCUT2D eigenvalue weighted by Crippen LogP contribution is 2.12. The van der Waals surface area contributed by atoms with Gasteiger partial charge in [-0.2, -0.15) is 0 Å². The maximum atomic E-state index is 12.8. The molecule has 0 bridgehead atoms. The van der Waals surface area contributed by atoms with E-state index >= 15 is 0 Å². The number of benzene rings is 2. The number of amides is 1. The monoisotopic (exact) mass is 350 g/mol. The van der Waals surface area contributed by atoms with Crippen LogP contribution in [0.15, 0.2) is 53.4 Å². The fraction of sp³-hybridized carbons (Fsp3) is 0.235. The zero-order valence-electron chi connectivity index (χ0n) is 13.4. The molecule has 0 saturated carbocycles. The number of rotatable bonds is 6. The van der Waals surface area contributed by atoms with Gasteiger partial charge in [0.15, 0.2) is 0 Å². The lowest BCUT2D eigenvalue weighted by Gasteiger charge is -2.11. The molecule has 0 unspecified atom stereocenters. The summed E-state index contributed by atoms with van der Waals surface area (Å²) in [5.41, 5.74) is 0.985. The number of hydrogen-bond donors (Lipinski definition) is 2. The van der Waals surface area contributed by atoms with Gasteiger partial charge in [-0.25, -0.2) is 17.5 Å². The van der Waals surface area contributed by atoms with Crippen LogP contribution in [0.5, 0.6) is 0 Å². The maximum Gasteiger partial charge on any atom is 0.251 e. The SMILES string of the molecule is CC(C)NS(=O)(=O)c1cccc(C(=O)NCc2ccc(F)cc2)c1. The Kier molecular flexibility index (Phi) is 5.69. The molecule has 5 nitrogen and oxygen atoms in total. The molecule has 0 aromatic heterocycles. The molecule has 0 radical (unpaired) electrons. The van der Waals surface area contributed by atoms with E-state index in [4.69, 9.17) is 0 Å². The summed E-state index contributed by atoms with van der Waals surface area (Å²) in [5, 5.41) is 2.68. The molecule has 1 amide bonds. The number of carbonyl (C=O) groups is 1. The summed E-state index contributed by atoms with van der Waals surface area (Å²) in [4.78, 5) is 12.2. The summed E-state index contributed by atoms with van der Waals surface area (Å²) in [7, 11) is -3.66. The Morgan fingerprint density at radius 2 is 1.79 bits per heavy atom. The normalized spacial score (nSPS) is 11.5. The van der Waals surface area contributed by atoms with Crippen LogP contribution in [0.2, 0.25) is 0 Å². The lowest BCUT2D eigenvalue weighted by atomic mass is 10.2. The van der Waals surface area contributed by atoms with Crippen molar-refractivity contribution in [1.29, 1.82) is 0 Å². The highest BCUT2D eigenvalue weighted by atomic mass is 32.2. The van der Waals surface area contributed by atoms with Crippen LogP contribution in [0.3, 0.4) is 0 Å². The summed E-state index contributed by atoms with van der Waals surface area (Å²) in [6.07, 6.45) is 0.